The molecule has 0 bridgehead atoms. The molecule has 0 radical (unpaired) electrons. The van der Waals surface area contributed by atoms with Gasteiger partial charge in [0.2, 0.25) is 0 Å². The number of rotatable bonds is 4. The first-order chi connectivity index (χ1) is 9.13. The fraction of sp³-hybridized carbons (Fsp3) is 0.417. The molecule has 1 heterocycles. The smallest absolute Gasteiger partial charge is 0.324 e. The molecule has 1 fully saturated rings. The van der Waals surface area contributed by atoms with Crippen LogP contribution in [0.3, 0.4) is 0 Å². The Balaban J connectivity index is 2.16. The molecule has 0 aliphatic carbocycles. The summed E-state index contributed by atoms with van der Waals surface area (Å²) in [6.45, 7) is 1.45. The van der Waals surface area contributed by atoms with Gasteiger partial charge in [-0.3, -0.25) is 15.0 Å². The molecule has 1 aromatic carbocycles. The fourth-order valence-corrected chi connectivity index (χ4v) is 2.10. The summed E-state index contributed by atoms with van der Waals surface area (Å²) in [5.41, 5.74) is 0.638. The molecule has 2 rings (SSSR count). The average molecular weight is 265 g/mol. The van der Waals surface area contributed by atoms with Crippen molar-refractivity contribution in [2.45, 2.75) is 6.42 Å². The third-order valence-corrected chi connectivity index (χ3v) is 3.05. The van der Waals surface area contributed by atoms with Gasteiger partial charge in [-0.25, -0.2) is 4.79 Å². The highest BCUT2D eigenvalue weighted by molar-refractivity contribution is 5.92. The highest BCUT2D eigenvalue weighted by Crippen LogP contribution is 2.22. The number of anilines is 1. The molecule has 0 saturated carbocycles. The van der Waals surface area contributed by atoms with Gasteiger partial charge in [-0.2, -0.15) is 0 Å². The lowest BCUT2D eigenvalue weighted by Crippen LogP contribution is -2.50. The summed E-state index contributed by atoms with van der Waals surface area (Å²) in [5, 5.41) is 19.5. The maximum Gasteiger partial charge on any atom is 0.324 e. The fourth-order valence-electron chi connectivity index (χ4n) is 2.10. The number of aliphatic hydroxyl groups excluding tert-OH is 1. The van der Waals surface area contributed by atoms with E-state index in [1.165, 1.54) is 12.1 Å². The first-order valence-electron chi connectivity index (χ1n) is 6.05. The van der Waals surface area contributed by atoms with E-state index in [2.05, 4.69) is 0 Å². The lowest BCUT2D eigenvalue weighted by molar-refractivity contribution is -0.384. The monoisotopic (exact) mass is 265 g/mol. The van der Waals surface area contributed by atoms with Crippen LogP contribution in [0.2, 0.25) is 0 Å². The van der Waals surface area contributed by atoms with Crippen molar-refractivity contribution in [1.82, 2.24) is 4.90 Å². The van der Waals surface area contributed by atoms with Gasteiger partial charge in [0.25, 0.3) is 5.69 Å². The molecule has 0 unspecified atom stereocenters. The number of carbonyl (C=O) groups is 1. The summed E-state index contributed by atoms with van der Waals surface area (Å²) < 4.78 is 0. The van der Waals surface area contributed by atoms with Crippen LogP contribution in [0.1, 0.15) is 6.42 Å². The number of aliphatic hydroxyl groups is 1. The Morgan fingerprint density at radius 3 is 2.53 bits per heavy atom. The van der Waals surface area contributed by atoms with Crippen LogP contribution in [0.4, 0.5) is 16.2 Å². The Labute approximate surface area is 110 Å². The van der Waals surface area contributed by atoms with Crippen LogP contribution in [0.5, 0.6) is 0 Å². The molecule has 102 valence electrons. The molecule has 1 aliphatic rings. The molecular formula is C12H15N3O4. The van der Waals surface area contributed by atoms with Crippen molar-refractivity contribution in [3.63, 3.8) is 0 Å². The third-order valence-electron chi connectivity index (χ3n) is 3.05. The van der Waals surface area contributed by atoms with Crippen LogP contribution < -0.4 is 4.90 Å². The molecule has 1 aromatic rings. The maximum atomic E-state index is 12.1. The number of hydrogen-bond acceptors (Lipinski definition) is 4. The number of urea groups is 1. The van der Waals surface area contributed by atoms with Gasteiger partial charge in [-0.1, -0.05) is 0 Å². The van der Waals surface area contributed by atoms with E-state index in [4.69, 9.17) is 5.11 Å². The standard InChI is InChI=1S/C12H15N3O4/c16-9-8-13-6-1-7-14(12(13)17)10-2-4-11(5-3-10)15(18)19/h2-5,16H,1,6-9H2. The quantitative estimate of drug-likeness (QED) is 0.655. The molecule has 0 atom stereocenters. The Morgan fingerprint density at radius 2 is 1.95 bits per heavy atom. The average Bonchev–Trinajstić information content (AvgIpc) is 2.41. The van der Waals surface area contributed by atoms with Gasteiger partial charge in [0.1, 0.15) is 0 Å². The molecule has 7 nitrogen and oxygen atoms in total. The van der Waals surface area contributed by atoms with Crippen molar-refractivity contribution >= 4 is 17.4 Å². The number of non-ortho nitro benzene ring substituents is 1. The van der Waals surface area contributed by atoms with Crippen molar-refractivity contribution in [2.24, 2.45) is 0 Å². The second kappa shape index (κ2) is 5.66. The second-order valence-corrected chi connectivity index (χ2v) is 4.27. The largest absolute Gasteiger partial charge is 0.395 e. The summed E-state index contributed by atoms with van der Waals surface area (Å²) in [6.07, 6.45) is 0.808. The topological polar surface area (TPSA) is 86.9 Å². The highest BCUT2D eigenvalue weighted by atomic mass is 16.6. The van der Waals surface area contributed by atoms with Crippen molar-refractivity contribution < 1.29 is 14.8 Å². The van der Waals surface area contributed by atoms with Crippen molar-refractivity contribution in [3.05, 3.63) is 34.4 Å². The minimum absolute atomic E-state index is 0.000391. The maximum absolute atomic E-state index is 12.1. The number of hydrogen-bond donors (Lipinski definition) is 1. The van der Waals surface area contributed by atoms with Crippen LogP contribution in [0.15, 0.2) is 24.3 Å². The van der Waals surface area contributed by atoms with Crippen LogP contribution >= 0.6 is 0 Å². The minimum atomic E-state index is -0.472. The van der Waals surface area contributed by atoms with Crippen LogP contribution in [-0.2, 0) is 0 Å². The molecule has 1 N–H and O–H groups in total. The number of β-amino-alcohol motifs (C(OH)–C–C–N with tert-alkyl or cyclic N) is 1. The summed E-state index contributed by atoms with van der Waals surface area (Å²) in [7, 11) is 0. The normalized spacial score (nSPS) is 15.7. The van der Waals surface area contributed by atoms with Crippen LogP contribution in [0.25, 0.3) is 0 Å². The molecule has 1 saturated heterocycles. The van der Waals surface area contributed by atoms with Gasteiger partial charge in [-0.05, 0) is 18.6 Å². The van der Waals surface area contributed by atoms with Gasteiger partial charge >= 0.3 is 6.03 Å². The number of amides is 2. The van der Waals surface area contributed by atoms with E-state index in [0.717, 1.165) is 6.42 Å². The van der Waals surface area contributed by atoms with Crippen molar-refractivity contribution in [3.8, 4) is 0 Å². The first-order valence-corrected chi connectivity index (χ1v) is 6.05. The van der Waals surface area contributed by atoms with Gasteiger partial charge in [-0.15, -0.1) is 0 Å². The summed E-state index contributed by atoms with van der Waals surface area (Å²) in [5.74, 6) is 0. The number of benzene rings is 1. The molecular weight excluding hydrogens is 250 g/mol. The van der Waals surface area contributed by atoms with E-state index in [1.807, 2.05) is 0 Å². The zero-order chi connectivity index (χ0) is 13.8. The first kappa shape index (κ1) is 13.3. The Kier molecular flexibility index (Phi) is 3.96. The lowest BCUT2D eigenvalue weighted by Gasteiger charge is -2.35. The third kappa shape index (κ3) is 2.82. The number of nitrogens with zero attached hydrogens (tertiary/aromatic N) is 3. The Hall–Kier alpha value is -2.15. The van der Waals surface area contributed by atoms with Gasteiger partial charge < -0.3 is 10.0 Å². The number of carbonyl (C=O) groups excluding carboxylic acids is 1. The van der Waals surface area contributed by atoms with Crippen LogP contribution in [0, 0.1) is 10.1 Å². The minimum Gasteiger partial charge on any atom is -0.395 e. The van der Waals surface area contributed by atoms with E-state index in [0.29, 0.717) is 25.3 Å². The van der Waals surface area contributed by atoms with Crippen LogP contribution in [-0.4, -0.2) is 47.2 Å². The van der Waals surface area contributed by atoms with E-state index in [1.54, 1.807) is 21.9 Å². The zero-order valence-electron chi connectivity index (χ0n) is 10.4. The highest BCUT2D eigenvalue weighted by Gasteiger charge is 2.26. The van der Waals surface area contributed by atoms with E-state index in [9.17, 15) is 14.9 Å². The molecule has 1 aliphatic heterocycles. The number of nitro groups is 1. The van der Waals surface area contributed by atoms with E-state index >= 15 is 0 Å². The van der Waals surface area contributed by atoms with Gasteiger partial charge in [0.05, 0.1) is 11.5 Å². The molecule has 2 amide bonds. The summed E-state index contributed by atoms with van der Waals surface area (Å²) in [4.78, 5) is 25.4. The summed E-state index contributed by atoms with van der Waals surface area (Å²) in [6, 6.07) is 5.73. The predicted octanol–water partition coefficient (Wildman–Crippen LogP) is 1.22. The van der Waals surface area contributed by atoms with Crippen molar-refractivity contribution in [1.29, 1.82) is 0 Å². The van der Waals surface area contributed by atoms with Crippen molar-refractivity contribution in [2.75, 3.05) is 31.1 Å². The van der Waals surface area contributed by atoms with E-state index < -0.39 is 4.92 Å². The molecule has 19 heavy (non-hydrogen) atoms. The molecule has 7 heteroatoms. The number of nitro benzene ring substituents is 1. The Bertz CT molecular complexity index is 472. The second-order valence-electron chi connectivity index (χ2n) is 4.27. The molecule has 0 spiro atoms. The van der Waals surface area contributed by atoms with Gasteiger partial charge in [0.15, 0.2) is 0 Å². The van der Waals surface area contributed by atoms with Gasteiger partial charge in [0, 0.05) is 37.5 Å². The SMILES string of the molecule is O=C1N(CCO)CCCN1c1ccc([N+](=O)[O-])cc1. The Morgan fingerprint density at radius 1 is 1.26 bits per heavy atom. The predicted molar refractivity (Wildman–Crippen MR) is 69.1 cm³/mol. The zero-order valence-corrected chi connectivity index (χ0v) is 10.4. The van der Waals surface area contributed by atoms with E-state index in [-0.39, 0.29) is 18.3 Å². The molecule has 0 aromatic heterocycles. The lowest BCUT2D eigenvalue weighted by atomic mass is 10.2. The summed E-state index contributed by atoms with van der Waals surface area (Å²) >= 11 is 0.